The monoisotopic (exact) mass is 418 g/mol. The SMILES string of the molecule is CCOc1ccccc1/C=N\NC(=O)[C@@H](C)Oc1ccc(OCc2ccccc2)cc1. The average Bonchev–Trinajstić information content (AvgIpc) is 2.80. The molecule has 1 N–H and O–H groups in total. The van der Waals surface area contributed by atoms with Crippen LogP contribution in [0.15, 0.2) is 84.0 Å². The van der Waals surface area contributed by atoms with Crippen LogP contribution in [0.4, 0.5) is 0 Å². The molecular weight excluding hydrogens is 392 g/mol. The van der Waals surface area contributed by atoms with E-state index in [9.17, 15) is 4.79 Å². The van der Waals surface area contributed by atoms with E-state index in [1.165, 1.54) is 0 Å². The van der Waals surface area contributed by atoms with Gasteiger partial charge in [0.05, 0.1) is 12.8 Å². The Morgan fingerprint density at radius 2 is 1.61 bits per heavy atom. The number of hydrogen-bond donors (Lipinski definition) is 1. The van der Waals surface area contributed by atoms with E-state index >= 15 is 0 Å². The average molecular weight is 418 g/mol. The molecule has 0 saturated carbocycles. The Balaban J connectivity index is 1.48. The van der Waals surface area contributed by atoms with Gasteiger partial charge in [-0.2, -0.15) is 5.10 Å². The second-order valence-electron chi connectivity index (χ2n) is 6.71. The molecule has 0 spiro atoms. The Bertz CT molecular complexity index is 988. The van der Waals surface area contributed by atoms with Gasteiger partial charge in [0, 0.05) is 5.56 Å². The minimum absolute atomic E-state index is 0.352. The number of amides is 1. The zero-order valence-corrected chi connectivity index (χ0v) is 17.7. The van der Waals surface area contributed by atoms with Crippen LogP contribution in [0.1, 0.15) is 25.0 Å². The third-order valence-electron chi connectivity index (χ3n) is 4.35. The minimum Gasteiger partial charge on any atom is -0.493 e. The number of rotatable bonds is 10. The Morgan fingerprint density at radius 1 is 0.935 bits per heavy atom. The molecule has 0 aliphatic heterocycles. The van der Waals surface area contributed by atoms with Crippen LogP contribution in [-0.2, 0) is 11.4 Å². The van der Waals surface area contributed by atoms with Gasteiger partial charge in [-0.15, -0.1) is 0 Å². The first-order valence-electron chi connectivity index (χ1n) is 10.1. The summed E-state index contributed by atoms with van der Waals surface area (Å²) >= 11 is 0. The number of para-hydroxylation sites is 1. The number of nitrogens with zero attached hydrogens (tertiary/aromatic N) is 1. The molecule has 0 fully saturated rings. The first-order valence-corrected chi connectivity index (χ1v) is 10.1. The van der Waals surface area contributed by atoms with Crippen molar-refractivity contribution in [2.75, 3.05) is 6.61 Å². The van der Waals surface area contributed by atoms with Gasteiger partial charge in [0.25, 0.3) is 5.91 Å². The van der Waals surface area contributed by atoms with E-state index in [1.54, 1.807) is 25.3 Å². The number of carbonyl (C=O) groups excluding carboxylic acids is 1. The molecule has 0 bridgehead atoms. The van der Waals surface area contributed by atoms with Crippen molar-refractivity contribution in [3.8, 4) is 17.2 Å². The van der Waals surface area contributed by atoms with Crippen LogP contribution in [0.5, 0.6) is 17.2 Å². The van der Waals surface area contributed by atoms with Gasteiger partial charge in [0.15, 0.2) is 6.10 Å². The molecule has 3 aromatic carbocycles. The molecule has 6 heteroatoms. The lowest BCUT2D eigenvalue weighted by Gasteiger charge is -2.13. The van der Waals surface area contributed by atoms with Crippen molar-refractivity contribution in [3.63, 3.8) is 0 Å². The summed E-state index contributed by atoms with van der Waals surface area (Å²) in [5, 5.41) is 4.01. The molecule has 3 aromatic rings. The standard InChI is InChI=1S/C25H26N2O4/c1-3-29-24-12-8-7-11-21(24)17-26-27-25(28)19(2)31-23-15-13-22(14-16-23)30-18-20-9-5-4-6-10-20/h4-17,19H,3,18H2,1-2H3,(H,27,28)/b26-17-/t19-/m1/s1. The molecule has 0 aliphatic rings. The molecule has 0 aromatic heterocycles. The zero-order valence-electron chi connectivity index (χ0n) is 17.7. The molecule has 160 valence electrons. The number of ether oxygens (including phenoxy) is 3. The van der Waals surface area contributed by atoms with Gasteiger partial charge in [-0.25, -0.2) is 5.43 Å². The number of hydrazone groups is 1. The highest BCUT2D eigenvalue weighted by Gasteiger charge is 2.14. The molecule has 3 rings (SSSR count). The quantitative estimate of drug-likeness (QED) is 0.386. The predicted molar refractivity (Wildman–Crippen MR) is 121 cm³/mol. The van der Waals surface area contributed by atoms with E-state index in [-0.39, 0.29) is 5.91 Å². The van der Waals surface area contributed by atoms with Crippen LogP contribution in [0.25, 0.3) is 0 Å². The highest BCUT2D eigenvalue weighted by Crippen LogP contribution is 2.20. The molecule has 6 nitrogen and oxygen atoms in total. The zero-order chi connectivity index (χ0) is 21.9. The summed E-state index contributed by atoms with van der Waals surface area (Å²) in [5.74, 6) is 1.66. The Hall–Kier alpha value is -3.80. The summed E-state index contributed by atoms with van der Waals surface area (Å²) in [7, 11) is 0. The van der Waals surface area contributed by atoms with E-state index in [0.717, 1.165) is 16.9 Å². The molecule has 0 aliphatic carbocycles. The van der Waals surface area contributed by atoms with E-state index in [4.69, 9.17) is 14.2 Å². The maximum Gasteiger partial charge on any atom is 0.280 e. The first kappa shape index (κ1) is 21.9. The van der Waals surface area contributed by atoms with Gasteiger partial charge in [-0.1, -0.05) is 42.5 Å². The maximum absolute atomic E-state index is 12.3. The van der Waals surface area contributed by atoms with Crippen LogP contribution in [0.3, 0.4) is 0 Å². The van der Waals surface area contributed by atoms with Crippen molar-refractivity contribution in [1.29, 1.82) is 0 Å². The Kier molecular flexibility index (Phi) is 8.05. The predicted octanol–water partition coefficient (Wildman–Crippen LogP) is 4.58. The summed E-state index contributed by atoms with van der Waals surface area (Å²) in [4.78, 5) is 12.3. The lowest BCUT2D eigenvalue weighted by molar-refractivity contribution is -0.127. The fourth-order valence-corrected chi connectivity index (χ4v) is 2.74. The minimum atomic E-state index is -0.713. The van der Waals surface area contributed by atoms with Gasteiger partial charge >= 0.3 is 0 Å². The molecule has 0 radical (unpaired) electrons. The third kappa shape index (κ3) is 6.89. The molecule has 0 saturated heterocycles. The van der Waals surface area contributed by atoms with Crippen LogP contribution < -0.4 is 19.6 Å². The first-order chi connectivity index (χ1) is 15.2. The van der Waals surface area contributed by atoms with E-state index in [2.05, 4.69) is 10.5 Å². The van der Waals surface area contributed by atoms with Gasteiger partial charge < -0.3 is 14.2 Å². The molecule has 0 unspecified atom stereocenters. The summed E-state index contributed by atoms with van der Waals surface area (Å²) < 4.78 is 17.0. The lowest BCUT2D eigenvalue weighted by Crippen LogP contribution is -2.33. The highest BCUT2D eigenvalue weighted by molar-refractivity contribution is 5.86. The fourth-order valence-electron chi connectivity index (χ4n) is 2.74. The topological polar surface area (TPSA) is 69.2 Å². The Morgan fingerprint density at radius 3 is 2.35 bits per heavy atom. The second kappa shape index (κ2) is 11.4. The van der Waals surface area contributed by atoms with Crippen LogP contribution >= 0.6 is 0 Å². The second-order valence-corrected chi connectivity index (χ2v) is 6.71. The van der Waals surface area contributed by atoms with Crippen LogP contribution in [0, 0.1) is 0 Å². The van der Waals surface area contributed by atoms with Crippen LogP contribution in [0.2, 0.25) is 0 Å². The van der Waals surface area contributed by atoms with E-state index < -0.39 is 6.10 Å². The molecular formula is C25H26N2O4. The smallest absolute Gasteiger partial charge is 0.280 e. The normalized spacial score (nSPS) is 11.7. The van der Waals surface area contributed by atoms with Crippen molar-refractivity contribution in [3.05, 3.63) is 90.0 Å². The maximum atomic E-state index is 12.3. The van der Waals surface area contributed by atoms with Gasteiger partial charge in [-0.05, 0) is 55.8 Å². The van der Waals surface area contributed by atoms with Crippen molar-refractivity contribution < 1.29 is 19.0 Å². The number of hydrogen-bond acceptors (Lipinski definition) is 5. The number of benzene rings is 3. The highest BCUT2D eigenvalue weighted by atomic mass is 16.5. The van der Waals surface area contributed by atoms with Crippen LogP contribution in [-0.4, -0.2) is 24.8 Å². The third-order valence-corrected chi connectivity index (χ3v) is 4.35. The van der Waals surface area contributed by atoms with E-state index in [1.807, 2.05) is 73.7 Å². The Labute approximate surface area is 182 Å². The van der Waals surface area contributed by atoms with E-state index in [0.29, 0.717) is 24.7 Å². The van der Waals surface area contributed by atoms with Crippen molar-refractivity contribution >= 4 is 12.1 Å². The summed E-state index contributed by atoms with van der Waals surface area (Å²) in [6.07, 6.45) is 0.837. The summed E-state index contributed by atoms with van der Waals surface area (Å²) in [5.41, 5.74) is 4.37. The largest absolute Gasteiger partial charge is 0.493 e. The van der Waals surface area contributed by atoms with Gasteiger partial charge in [-0.3, -0.25) is 4.79 Å². The lowest BCUT2D eigenvalue weighted by atomic mass is 10.2. The molecule has 0 heterocycles. The molecule has 1 atom stereocenters. The van der Waals surface area contributed by atoms with Gasteiger partial charge in [0.1, 0.15) is 23.9 Å². The van der Waals surface area contributed by atoms with Crippen molar-refractivity contribution in [1.82, 2.24) is 5.43 Å². The summed E-state index contributed by atoms with van der Waals surface area (Å²) in [6.45, 7) is 4.62. The number of nitrogens with one attached hydrogen (secondary N) is 1. The molecule has 1 amide bonds. The van der Waals surface area contributed by atoms with Crippen molar-refractivity contribution in [2.45, 2.75) is 26.6 Å². The number of carbonyl (C=O) groups is 1. The van der Waals surface area contributed by atoms with Crippen molar-refractivity contribution in [2.24, 2.45) is 5.10 Å². The van der Waals surface area contributed by atoms with Gasteiger partial charge in [0.2, 0.25) is 0 Å². The fraction of sp³-hybridized carbons (Fsp3) is 0.200. The molecule has 31 heavy (non-hydrogen) atoms. The summed E-state index contributed by atoms with van der Waals surface area (Å²) in [6, 6.07) is 24.6.